The first kappa shape index (κ1) is 11.6. The van der Waals surface area contributed by atoms with Crippen molar-refractivity contribution < 1.29 is 14.7 Å². The number of carbonyl (C=O) groups excluding carboxylic acids is 1. The van der Waals surface area contributed by atoms with Crippen LogP contribution in [0.5, 0.6) is 0 Å². The molecule has 0 fully saturated rings. The van der Waals surface area contributed by atoms with E-state index >= 15 is 0 Å². The Hall–Kier alpha value is -1.84. The number of hydrogen-bond acceptors (Lipinski definition) is 2. The molecule has 1 aliphatic rings. The number of carboxylic acid groups (broad SMARTS) is 1. The molecule has 4 nitrogen and oxygen atoms in total. The van der Waals surface area contributed by atoms with E-state index in [0.717, 1.165) is 17.7 Å². The Morgan fingerprint density at radius 2 is 2.06 bits per heavy atom. The van der Waals surface area contributed by atoms with Crippen LogP contribution in [-0.2, 0) is 16.0 Å². The minimum Gasteiger partial charge on any atom is -0.481 e. The lowest BCUT2D eigenvalue weighted by Gasteiger charge is -2.16. The van der Waals surface area contributed by atoms with Gasteiger partial charge in [0.15, 0.2) is 0 Å². The van der Waals surface area contributed by atoms with Gasteiger partial charge >= 0.3 is 5.97 Å². The second-order valence-electron chi connectivity index (χ2n) is 4.20. The number of unbranched alkanes of at least 4 members (excludes halogenated alkanes) is 1. The molecule has 2 rings (SSSR count). The number of rotatable bonds is 5. The van der Waals surface area contributed by atoms with Crippen LogP contribution >= 0.6 is 0 Å². The Labute approximate surface area is 99.9 Å². The van der Waals surface area contributed by atoms with Crippen LogP contribution in [0.15, 0.2) is 24.3 Å². The molecule has 0 unspecified atom stereocenters. The molecule has 0 bridgehead atoms. The summed E-state index contributed by atoms with van der Waals surface area (Å²) in [6.07, 6.45) is 1.98. The van der Waals surface area contributed by atoms with Gasteiger partial charge in [0.25, 0.3) is 0 Å². The van der Waals surface area contributed by atoms with E-state index in [2.05, 4.69) is 0 Å². The predicted octanol–water partition coefficient (Wildman–Crippen LogP) is 1.83. The second-order valence-corrected chi connectivity index (χ2v) is 4.20. The minimum atomic E-state index is -0.779. The molecule has 1 aromatic carbocycles. The number of carbonyl (C=O) groups is 2. The summed E-state index contributed by atoms with van der Waals surface area (Å²) < 4.78 is 0. The summed E-state index contributed by atoms with van der Waals surface area (Å²) in [6, 6.07) is 7.75. The Morgan fingerprint density at radius 3 is 2.82 bits per heavy atom. The third-order valence-electron chi connectivity index (χ3n) is 2.95. The molecule has 1 aromatic rings. The molecule has 1 N–H and O–H groups in total. The molecule has 1 heterocycles. The van der Waals surface area contributed by atoms with Crippen molar-refractivity contribution in [3.8, 4) is 0 Å². The van der Waals surface area contributed by atoms with Crippen molar-refractivity contribution in [3.63, 3.8) is 0 Å². The van der Waals surface area contributed by atoms with Gasteiger partial charge in [-0.3, -0.25) is 9.59 Å². The van der Waals surface area contributed by atoms with Gasteiger partial charge in [-0.05, 0) is 24.5 Å². The number of para-hydroxylation sites is 1. The van der Waals surface area contributed by atoms with E-state index in [-0.39, 0.29) is 12.3 Å². The van der Waals surface area contributed by atoms with Crippen molar-refractivity contribution in [2.45, 2.75) is 25.7 Å². The van der Waals surface area contributed by atoms with Crippen molar-refractivity contribution in [1.29, 1.82) is 0 Å². The molecule has 1 aliphatic heterocycles. The van der Waals surface area contributed by atoms with Crippen molar-refractivity contribution >= 4 is 17.6 Å². The Kier molecular flexibility index (Phi) is 3.42. The summed E-state index contributed by atoms with van der Waals surface area (Å²) in [5, 5.41) is 8.53. The van der Waals surface area contributed by atoms with E-state index in [1.807, 2.05) is 24.3 Å². The minimum absolute atomic E-state index is 0.113. The largest absolute Gasteiger partial charge is 0.481 e. The van der Waals surface area contributed by atoms with Gasteiger partial charge in [0.2, 0.25) is 5.91 Å². The molecule has 0 saturated carbocycles. The molecule has 0 atom stereocenters. The number of anilines is 1. The summed E-state index contributed by atoms with van der Waals surface area (Å²) in [5.41, 5.74) is 2.04. The first-order valence-electron chi connectivity index (χ1n) is 5.78. The standard InChI is InChI=1S/C13H15NO3/c15-12-9-10-5-1-2-6-11(10)14(12)8-4-3-7-13(16)17/h1-2,5-6H,3-4,7-9H2,(H,16,17). The van der Waals surface area contributed by atoms with Gasteiger partial charge in [-0.2, -0.15) is 0 Å². The molecule has 0 spiro atoms. The fraction of sp³-hybridized carbons (Fsp3) is 0.385. The number of aliphatic carboxylic acids is 1. The molecule has 1 amide bonds. The maximum Gasteiger partial charge on any atom is 0.303 e. The van der Waals surface area contributed by atoms with Crippen LogP contribution < -0.4 is 4.90 Å². The van der Waals surface area contributed by atoms with Crippen LogP contribution in [0, 0.1) is 0 Å². The van der Waals surface area contributed by atoms with Crippen LogP contribution in [0.1, 0.15) is 24.8 Å². The van der Waals surface area contributed by atoms with Crippen molar-refractivity contribution in [2.75, 3.05) is 11.4 Å². The number of amides is 1. The molecule has 0 radical (unpaired) electrons. The average molecular weight is 233 g/mol. The highest BCUT2D eigenvalue weighted by Gasteiger charge is 2.25. The molecule has 4 heteroatoms. The van der Waals surface area contributed by atoms with Gasteiger partial charge < -0.3 is 10.0 Å². The van der Waals surface area contributed by atoms with E-state index in [9.17, 15) is 9.59 Å². The Balaban J connectivity index is 1.93. The molecular weight excluding hydrogens is 218 g/mol. The summed E-state index contributed by atoms with van der Waals surface area (Å²) >= 11 is 0. The van der Waals surface area contributed by atoms with Gasteiger partial charge in [-0.15, -0.1) is 0 Å². The Bertz CT molecular complexity index is 442. The Morgan fingerprint density at radius 1 is 1.29 bits per heavy atom. The van der Waals surface area contributed by atoms with Crippen LogP contribution in [0.2, 0.25) is 0 Å². The smallest absolute Gasteiger partial charge is 0.303 e. The lowest BCUT2D eigenvalue weighted by Crippen LogP contribution is -2.27. The first-order valence-corrected chi connectivity index (χ1v) is 5.78. The zero-order valence-electron chi connectivity index (χ0n) is 9.56. The summed E-state index contributed by atoms with van der Waals surface area (Å²) in [7, 11) is 0. The third kappa shape index (κ3) is 2.64. The van der Waals surface area contributed by atoms with Crippen molar-refractivity contribution in [3.05, 3.63) is 29.8 Å². The summed E-state index contributed by atoms with van der Waals surface area (Å²) in [5.74, 6) is -0.667. The normalized spacial score (nSPS) is 13.9. The first-order chi connectivity index (χ1) is 8.18. The van der Waals surface area contributed by atoms with E-state index < -0.39 is 5.97 Å². The number of carboxylic acids is 1. The SMILES string of the molecule is O=C(O)CCCCN1C(=O)Cc2ccccc21. The zero-order chi connectivity index (χ0) is 12.3. The van der Waals surface area contributed by atoms with Gasteiger partial charge in [-0.25, -0.2) is 0 Å². The maximum absolute atomic E-state index is 11.8. The van der Waals surface area contributed by atoms with E-state index in [1.165, 1.54) is 0 Å². The van der Waals surface area contributed by atoms with Crippen molar-refractivity contribution in [1.82, 2.24) is 0 Å². The maximum atomic E-state index is 11.8. The lowest BCUT2D eigenvalue weighted by atomic mass is 10.2. The van der Waals surface area contributed by atoms with Crippen LogP contribution in [0.3, 0.4) is 0 Å². The lowest BCUT2D eigenvalue weighted by molar-refractivity contribution is -0.137. The molecule has 0 saturated heterocycles. The van der Waals surface area contributed by atoms with Crippen LogP contribution in [0.4, 0.5) is 5.69 Å². The molecule has 0 aromatic heterocycles. The van der Waals surface area contributed by atoms with E-state index in [4.69, 9.17) is 5.11 Å². The fourth-order valence-electron chi connectivity index (χ4n) is 2.11. The van der Waals surface area contributed by atoms with Gasteiger partial charge in [-0.1, -0.05) is 18.2 Å². The number of benzene rings is 1. The van der Waals surface area contributed by atoms with Crippen LogP contribution in [-0.4, -0.2) is 23.5 Å². The number of hydrogen-bond donors (Lipinski definition) is 1. The fourth-order valence-corrected chi connectivity index (χ4v) is 2.11. The number of fused-ring (bicyclic) bond motifs is 1. The zero-order valence-corrected chi connectivity index (χ0v) is 9.56. The molecule has 17 heavy (non-hydrogen) atoms. The topological polar surface area (TPSA) is 57.6 Å². The predicted molar refractivity (Wildman–Crippen MR) is 64.0 cm³/mol. The highest BCUT2D eigenvalue weighted by molar-refractivity contribution is 6.01. The van der Waals surface area contributed by atoms with Crippen molar-refractivity contribution in [2.24, 2.45) is 0 Å². The highest BCUT2D eigenvalue weighted by Crippen LogP contribution is 2.28. The van der Waals surface area contributed by atoms with E-state index in [0.29, 0.717) is 19.4 Å². The van der Waals surface area contributed by atoms with E-state index in [1.54, 1.807) is 4.90 Å². The van der Waals surface area contributed by atoms with Crippen LogP contribution in [0.25, 0.3) is 0 Å². The average Bonchev–Trinajstić information content (AvgIpc) is 2.60. The molecule has 90 valence electrons. The van der Waals surface area contributed by atoms with Gasteiger partial charge in [0.1, 0.15) is 0 Å². The quantitative estimate of drug-likeness (QED) is 0.789. The third-order valence-corrected chi connectivity index (χ3v) is 2.95. The monoisotopic (exact) mass is 233 g/mol. The molecular formula is C13H15NO3. The van der Waals surface area contributed by atoms with Gasteiger partial charge in [0, 0.05) is 18.7 Å². The van der Waals surface area contributed by atoms with Gasteiger partial charge in [0.05, 0.1) is 6.42 Å². The summed E-state index contributed by atoms with van der Waals surface area (Å²) in [6.45, 7) is 0.614. The second kappa shape index (κ2) is 4.99. The molecule has 0 aliphatic carbocycles. The highest BCUT2D eigenvalue weighted by atomic mass is 16.4. The summed E-state index contributed by atoms with van der Waals surface area (Å²) in [4.78, 5) is 23.9. The number of nitrogens with zero attached hydrogens (tertiary/aromatic N) is 1.